The maximum absolute atomic E-state index is 11.5. The molecule has 4 N–H and O–H groups in total. The first-order valence-corrected chi connectivity index (χ1v) is 5.93. The number of carboxylic acid groups (broad SMARTS) is 2. The van der Waals surface area contributed by atoms with Crippen LogP contribution in [0.4, 0.5) is 4.79 Å². The summed E-state index contributed by atoms with van der Waals surface area (Å²) >= 11 is 0. The van der Waals surface area contributed by atoms with E-state index in [4.69, 9.17) is 14.9 Å². The molecular formula is C11H18N2O6. The van der Waals surface area contributed by atoms with Crippen LogP contribution in [0.2, 0.25) is 0 Å². The van der Waals surface area contributed by atoms with Crippen LogP contribution in [-0.2, 0) is 14.3 Å². The van der Waals surface area contributed by atoms with Gasteiger partial charge in [-0.05, 0) is 19.3 Å². The molecule has 0 aromatic rings. The third-order valence-corrected chi connectivity index (χ3v) is 3.25. The van der Waals surface area contributed by atoms with Crippen LogP contribution in [0.5, 0.6) is 0 Å². The largest absolute Gasteiger partial charge is 0.481 e. The van der Waals surface area contributed by atoms with E-state index in [9.17, 15) is 14.4 Å². The molecule has 0 heterocycles. The van der Waals surface area contributed by atoms with Crippen molar-refractivity contribution in [3.05, 3.63) is 0 Å². The maximum Gasteiger partial charge on any atom is 0.326 e. The average Bonchev–Trinajstić information content (AvgIpc) is 2.26. The first-order chi connectivity index (χ1) is 8.88. The van der Waals surface area contributed by atoms with Crippen molar-refractivity contribution in [1.29, 1.82) is 0 Å². The zero-order chi connectivity index (χ0) is 14.5. The van der Waals surface area contributed by atoms with Gasteiger partial charge in [-0.1, -0.05) is 0 Å². The highest BCUT2D eigenvalue weighted by molar-refractivity contribution is 5.86. The van der Waals surface area contributed by atoms with E-state index in [2.05, 4.69) is 10.6 Å². The van der Waals surface area contributed by atoms with Crippen LogP contribution in [0.1, 0.15) is 25.7 Å². The lowest BCUT2D eigenvalue weighted by Crippen LogP contribution is -2.53. The molecule has 0 radical (unpaired) electrons. The fourth-order valence-electron chi connectivity index (χ4n) is 1.85. The van der Waals surface area contributed by atoms with Gasteiger partial charge in [-0.2, -0.15) is 0 Å². The monoisotopic (exact) mass is 274 g/mol. The van der Waals surface area contributed by atoms with Crippen LogP contribution < -0.4 is 10.6 Å². The summed E-state index contributed by atoms with van der Waals surface area (Å²) in [5.74, 6) is -2.68. The number of urea groups is 1. The summed E-state index contributed by atoms with van der Waals surface area (Å²) in [6, 6.07) is -2.16. The summed E-state index contributed by atoms with van der Waals surface area (Å²) in [5, 5.41) is 21.9. The number of methoxy groups -OCH3 is 1. The molecule has 1 unspecified atom stereocenters. The Labute approximate surface area is 110 Å². The summed E-state index contributed by atoms with van der Waals surface area (Å²) in [6.45, 7) is 0.273. The molecule has 1 aliphatic carbocycles. The summed E-state index contributed by atoms with van der Waals surface area (Å²) in [7, 11) is 1.56. The van der Waals surface area contributed by atoms with Gasteiger partial charge in [0.15, 0.2) is 0 Å². The van der Waals surface area contributed by atoms with Gasteiger partial charge < -0.3 is 25.6 Å². The molecule has 0 spiro atoms. The number of amides is 2. The predicted molar refractivity (Wildman–Crippen MR) is 63.8 cm³/mol. The van der Waals surface area contributed by atoms with E-state index >= 15 is 0 Å². The van der Waals surface area contributed by atoms with Crippen molar-refractivity contribution in [3.8, 4) is 0 Å². The number of hydrogen-bond donors (Lipinski definition) is 4. The number of carboxylic acids is 2. The van der Waals surface area contributed by atoms with Gasteiger partial charge >= 0.3 is 18.0 Å². The fraction of sp³-hybridized carbons (Fsp3) is 0.727. The summed E-state index contributed by atoms with van der Waals surface area (Å²) in [4.78, 5) is 32.7. The topological polar surface area (TPSA) is 125 Å². The smallest absolute Gasteiger partial charge is 0.326 e. The summed E-state index contributed by atoms with van der Waals surface area (Å²) < 4.78 is 5.29. The van der Waals surface area contributed by atoms with Crippen molar-refractivity contribution < 1.29 is 29.3 Å². The quantitative estimate of drug-likeness (QED) is 0.508. The number of hydrogen-bond acceptors (Lipinski definition) is 4. The lowest BCUT2D eigenvalue weighted by molar-refractivity contribution is -0.145. The molecule has 8 nitrogen and oxygen atoms in total. The van der Waals surface area contributed by atoms with Gasteiger partial charge in [-0.25, -0.2) is 9.59 Å². The molecule has 2 amide bonds. The first kappa shape index (κ1) is 15.2. The lowest BCUT2D eigenvalue weighted by Gasteiger charge is -2.40. The van der Waals surface area contributed by atoms with Gasteiger partial charge in [-0.15, -0.1) is 0 Å². The van der Waals surface area contributed by atoms with Gasteiger partial charge in [-0.3, -0.25) is 4.79 Å². The van der Waals surface area contributed by atoms with Crippen molar-refractivity contribution in [2.24, 2.45) is 0 Å². The maximum atomic E-state index is 11.5. The third kappa shape index (κ3) is 4.40. The van der Waals surface area contributed by atoms with E-state index in [1.807, 2.05) is 0 Å². The molecule has 108 valence electrons. The Hall–Kier alpha value is -1.83. The zero-order valence-electron chi connectivity index (χ0n) is 10.6. The van der Waals surface area contributed by atoms with Crippen LogP contribution in [0.15, 0.2) is 0 Å². The summed E-state index contributed by atoms with van der Waals surface area (Å²) in [5.41, 5.74) is -0.372. The molecule has 1 fully saturated rings. The normalized spacial score (nSPS) is 17.9. The third-order valence-electron chi connectivity index (χ3n) is 3.25. The number of carbonyl (C=O) groups is 3. The van der Waals surface area contributed by atoms with Gasteiger partial charge in [0.25, 0.3) is 0 Å². The van der Waals surface area contributed by atoms with Crippen molar-refractivity contribution in [2.75, 3.05) is 13.7 Å². The van der Waals surface area contributed by atoms with E-state index in [1.165, 1.54) is 0 Å². The Kier molecular flexibility index (Phi) is 5.11. The molecule has 1 aliphatic rings. The fourth-order valence-corrected chi connectivity index (χ4v) is 1.85. The van der Waals surface area contributed by atoms with E-state index in [1.54, 1.807) is 7.11 Å². The van der Waals surface area contributed by atoms with Crippen LogP contribution in [0.3, 0.4) is 0 Å². The molecule has 1 rings (SSSR count). The Balaban J connectivity index is 2.40. The minimum Gasteiger partial charge on any atom is -0.481 e. The van der Waals surface area contributed by atoms with Gasteiger partial charge in [0.05, 0.1) is 12.0 Å². The Morgan fingerprint density at radius 2 is 1.95 bits per heavy atom. The van der Waals surface area contributed by atoms with Crippen molar-refractivity contribution in [1.82, 2.24) is 10.6 Å². The molecule has 0 aromatic heterocycles. The Morgan fingerprint density at radius 1 is 1.32 bits per heavy atom. The van der Waals surface area contributed by atoms with Crippen LogP contribution >= 0.6 is 0 Å². The van der Waals surface area contributed by atoms with Crippen molar-refractivity contribution in [3.63, 3.8) is 0 Å². The number of carbonyl (C=O) groups excluding carboxylic acids is 1. The standard InChI is InChI=1S/C11H18N2O6/c1-19-11(3-2-4-11)6-12-10(18)13-7(9(16)17)5-8(14)15/h7H,2-6H2,1H3,(H,14,15)(H,16,17)(H2,12,13,18). The number of ether oxygens (including phenoxy) is 1. The minimum absolute atomic E-state index is 0.273. The van der Waals surface area contributed by atoms with Crippen molar-refractivity contribution in [2.45, 2.75) is 37.3 Å². The Morgan fingerprint density at radius 3 is 2.32 bits per heavy atom. The molecule has 0 aliphatic heterocycles. The molecule has 19 heavy (non-hydrogen) atoms. The van der Waals surface area contributed by atoms with Gasteiger partial charge in [0, 0.05) is 13.7 Å². The molecular weight excluding hydrogens is 256 g/mol. The predicted octanol–water partition coefficient (Wildman–Crippen LogP) is -0.217. The lowest BCUT2D eigenvalue weighted by atomic mass is 9.80. The zero-order valence-corrected chi connectivity index (χ0v) is 10.6. The van der Waals surface area contributed by atoms with Crippen LogP contribution in [-0.4, -0.2) is 53.5 Å². The molecule has 1 saturated carbocycles. The molecule has 0 aromatic carbocycles. The average molecular weight is 274 g/mol. The number of aliphatic carboxylic acids is 2. The summed E-state index contributed by atoms with van der Waals surface area (Å²) in [6.07, 6.45) is 2.02. The highest BCUT2D eigenvalue weighted by atomic mass is 16.5. The second-order valence-electron chi connectivity index (χ2n) is 4.56. The van der Waals surface area contributed by atoms with Gasteiger partial charge in [0.2, 0.25) is 0 Å². The molecule has 0 saturated heterocycles. The highest BCUT2D eigenvalue weighted by Gasteiger charge is 2.37. The number of rotatable bonds is 7. The second-order valence-corrected chi connectivity index (χ2v) is 4.56. The highest BCUT2D eigenvalue weighted by Crippen LogP contribution is 2.34. The number of nitrogens with one attached hydrogen (secondary N) is 2. The van der Waals surface area contributed by atoms with Gasteiger partial charge in [0.1, 0.15) is 6.04 Å². The van der Waals surface area contributed by atoms with E-state index < -0.39 is 30.4 Å². The van der Waals surface area contributed by atoms with Crippen molar-refractivity contribution >= 4 is 18.0 Å². The van der Waals surface area contributed by atoms with Crippen LogP contribution in [0.25, 0.3) is 0 Å². The second kappa shape index (κ2) is 6.37. The minimum atomic E-state index is -1.45. The first-order valence-electron chi connectivity index (χ1n) is 5.93. The van der Waals surface area contributed by atoms with Crippen LogP contribution in [0, 0.1) is 0 Å². The van der Waals surface area contributed by atoms with E-state index in [0.29, 0.717) is 0 Å². The molecule has 8 heteroatoms. The Bertz CT molecular complexity index is 361. The molecule has 1 atom stereocenters. The van der Waals surface area contributed by atoms with E-state index in [-0.39, 0.29) is 12.1 Å². The molecule has 0 bridgehead atoms. The SMILES string of the molecule is COC1(CNC(=O)NC(CC(=O)O)C(=O)O)CCC1. The van der Waals surface area contributed by atoms with E-state index in [0.717, 1.165) is 19.3 Å².